The topological polar surface area (TPSA) is 76.1 Å². The van der Waals surface area contributed by atoms with Gasteiger partial charge in [-0.1, -0.05) is 30.2 Å². The number of methoxy groups -OCH3 is 1. The van der Waals surface area contributed by atoms with Crippen LogP contribution < -0.4 is 9.64 Å². The van der Waals surface area contributed by atoms with Gasteiger partial charge in [-0.3, -0.25) is 9.59 Å². The monoisotopic (exact) mass is 497 g/mol. The minimum atomic E-state index is -1.03. The molecular weight excluding hydrogens is 466 g/mol. The molecule has 1 spiro atoms. The van der Waals surface area contributed by atoms with Crippen LogP contribution in [0.25, 0.3) is 0 Å². The number of anilines is 1. The average Bonchev–Trinajstić information content (AvgIpc) is 2.96. The number of hydrogen-bond acceptors (Lipinski definition) is 5. The Bertz CT molecular complexity index is 1130. The molecule has 2 aromatic carbocycles. The van der Waals surface area contributed by atoms with Crippen LogP contribution in [0.4, 0.5) is 5.69 Å². The molecule has 186 valence electrons. The molecule has 2 aliphatic carbocycles. The van der Waals surface area contributed by atoms with Gasteiger partial charge in [0.15, 0.2) is 0 Å². The van der Waals surface area contributed by atoms with Crippen molar-refractivity contribution in [3.8, 4) is 5.75 Å². The van der Waals surface area contributed by atoms with Gasteiger partial charge in [0.2, 0.25) is 0 Å². The van der Waals surface area contributed by atoms with Gasteiger partial charge in [-0.25, -0.2) is 0 Å². The molecule has 0 unspecified atom stereocenters. The maximum atomic E-state index is 12.5. The quantitative estimate of drug-likeness (QED) is 0.542. The third kappa shape index (κ3) is 4.73. The van der Waals surface area contributed by atoms with Crippen LogP contribution in [0.3, 0.4) is 0 Å². The summed E-state index contributed by atoms with van der Waals surface area (Å²) in [5, 5.41) is 10.2. The number of ether oxygens (including phenoxy) is 2. The molecule has 35 heavy (non-hydrogen) atoms. The van der Waals surface area contributed by atoms with Crippen LogP contribution in [0.1, 0.15) is 61.1 Å². The highest BCUT2D eigenvalue weighted by molar-refractivity contribution is 6.30. The molecule has 3 aliphatic rings. The highest BCUT2D eigenvalue weighted by Gasteiger charge is 2.42. The maximum Gasteiger partial charge on any atom is 0.313 e. The molecule has 1 heterocycles. The second-order valence-electron chi connectivity index (χ2n) is 10.3. The molecule has 1 N–H and O–H groups in total. The first kappa shape index (κ1) is 24.0. The summed E-state index contributed by atoms with van der Waals surface area (Å²) in [6.45, 7) is 2.31. The average molecular weight is 498 g/mol. The Kier molecular flexibility index (Phi) is 6.67. The number of nitrogens with zero attached hydrogens (tertiary/aromatic N) is 1. The first-order valence-electron chi connectivity index (χ1n) is 12.5. The molecule has 1 fully saturated rings. The lowest BCUT2D eigenvalue weighted by molar-refractivity contribution is -0.147. The van der Waals surface area contributed by atoms with Crippen molar-refractivity contribution < 1.29 is 24.2 Å². The van der Waals surface area contributed by atoms with Crippen LogP contribution in [0, 0.1) is 5.92 Å². The molecule has 0 amide bonds. The van der Waals surface area contributed by atoms with Crippen molar-refractivity contribution >= 4 is 29.2 Å². The predicted octanol–water partition coefficient (Wildman–Crippen LogP) is 5.34. The lowest BCUT2D eigenvalue weighted by atomic mass is 9.70. The second kappa shape index (κ2) is 9.73. The smallest absolute Gasteiger partial charge is 0.313 e. The third-order valence-corrected chi connectivity index (χ3v) is 8.27. The summed E-state index contributed by atoms with van der Waals surface area (Å²) in [6.07, 6.45) is 6.52. The largest absolute Gasteiger partial charge is 0.490 e. The van der Waals surface area contributed by atoms with E-state index in [0.29, 0.717) is 18.1 Å². The van der Waals surface area contributed by atoms with Crippen molar-refractivity contribution in [1.29, 1.82) is 0 Å². The molecule has 1 aliphatic heterocycles. The Hall–Kier alpha value is -2.73. The van der Waals surface area contributed by atoms with Gasteiger partial charge < -0.3 is 19.5 Å². The number of fused-ring (bicyclic) bond motifs is 3. The third-order valence-electron chi connectivity index (χ3n) is 8.03. The summed E-state index contributed by atoms with van der Waals surface area (Å²) < 4.78 is 11.4. The van der Waals surface area contributed by atoms with Crippen molar-refractivity contribution in [3.05, 3.63) is 58.1 Å². The van der Waals surface area contributed by atoms with E-state index in [2.05, 4.69) is 17.0 Å². The van der Waals surface area contributed by atoms with Crippen LogP contribution >= 0.6 is 11.6 Å². The number of halogens is 1. The summed E-state index contributed by atoms with van der Waals surface area (Å²) >= 11 is 6.33. The van der Waals surface area contributed by atoms with Gasteiger partial charge in [-0.05, 0) is 79.0 Å². The number of carboxylic acid groups (broad SMARTS) is 1. The van der Waals surface area contributed by atoms with Gasteiger partial charge in [-0.2, -0.15) is 0 Å². The van der Waals surface area contributed by atoms with Crippen molar-refractivity contribution in [2.45, 2.75) is 56.3 Å². The summed E-state index contributed by atoms with van der Waals surface area (Å²) in [7, 11) is 1.29. The lowest BCUT2D eigenvalue weighted by Gasteiger charge is -2.42. The molecule has 7 heteroatoms. The minimum absolute atomic E-state index is 0.149. The van der Waals surface area contributed by atoms with Crippen LogP contribution in [-0.2, 0) is 26.2 Å². The van der Waals surface area contributed by atoms with Crippen LogP contribution in [0.5, 0.6) is 5.75 Å². The van der Waals surface area contributed by atoms with E-state index in [0.717, 1.165) is 48.8 Å². The van der Waals surface area contributed by atoms with Crippen LogP contribution in [-0.4, -0.2) is 43.9 Å². The van der Waals surface area contributed by atoms with E-state index in [4.69, 9.17) is 21.1 Å². The zero-order valence-corrected chi connectivity index (χ0v) is 20.9. The van der Waals surface area contributed by atoms with Gasteiger partial charge in [0.1, 0.15) is 5.75 Å². The molecule has 0 radical (unpaired) electrons. The van der Waals surface area contributed by atoms with E-state index in [9.17, 15) is 14.7 Å². The standard InChI is InChI=1S/C28H32ClNO5/c1-34-27(33)22(14-26(31)32)19-7-10-25-24(13-19)30(15-18-4-2-5-18)16-28(17-35-25)11-3-6-20-12-21(29)8-9-23(20)28/h7-10,12-13,18,22H,2-6,11,14-17H2,1H3,(H,31,32)/t22-,28-/m0/s1. The highest BCUT2D eigenvalue weighted by atomic mass is 35.5. The fourth-order valence-electron chi connectivity index (χ4n) is 5.99. The fraction of sp³-hybridized carbons (Fsp3) is 0.500. The van der Waals surface area contributed by atoms with Crippen molar-refractivity contribution in [2.75, 3.05) is 31.7 Å². The second-order valence-corrected chi connectivity index (χ2v) is 10.7. The number of aliphatic carboxylic acids is 1. The van der Waals surface area contributed by atoms with Crippen molar-refractivity contribution in [3.63, 3.8) is 0 Å². The van der Waals surface area contributed by atoms with Gasteiger partial charge in [0, 0.05) is 23.5 Å². The predicted molar refractivity (Wildman–Crippen MR) is 135 cm³/mol. The first-order chi connectivity index (χ1) is 16.9. The SMILES string of the molecule is COC(=O)[C@@H](CC(=O)O)c1ccc2c(c1)N(CC1CCC1)C[C@@]1(CCCc3cc(Cl)ccc31)CO2. The van der Waals surface area contributed by atoms with E-state index >= 15 is 0 Å². The van der Waals surface area contributed by atoms with E-state index in [1.54, 1.807) is 6.07 Å². The Balaban J connectivity index is 1.55. The zero-order chi connectivity index (χ0) is 24.6. The van der Waals surface area contributed by atoms with Crippen molar-refractivity contribution in [2.24, 2.45) is 5.92 Å². The molecule has 0 saturated heterocycles. The molecule has 2 atom stereocenters. The van der Waals surface area contributed by atoms with E-state index in [1.165, 1.54) is 37.5 Å². The van der Waals surface area contributed by atoms with E-state index in [-0.39, 0.29) is 11.8 Å². The fourth-order valence-corrected chi connectivity index (χ4v) is 6.18. The molecule has 2 aromatic rings. The lowest BCUT2D eigenvalue weighted by Crippen LogP contribution is -2.47. The first-order valence-corrected chi connectivity index (χ1v) is 12.9. The number of carboxylic acids is 1. The number of aryl methyl sites for hydroxylation is 1. The number of carbonyl (C=O) groups is 2. The Morgan fingerprint density at radius 2 is 2.06 bits per heavy atom. The Morgan fingerprint density at radius 3 is 2.77 bits per heavy atom. The van der Waals surface area contributed by atoms with E-state index in [1.807, 2.05) is 18.2 Å². The van der Waals surface area contributed by atoms with Crippen LogP contribution in [0.2, 0.25) is 5.02 Å². The summed E-state index contributed by atoms with van der Waals surface area (Å²) in [5.41, 5.74) is 4.05. The molecule has 1 saturated carbocycles. The minimum Gasteiger partial charge on any atom is -0.490 e. The molecule has 6 nitrogen and oxygen atoms in total. The Labute approximate surface area is 211 Å². The van der Waals surface area contributed by atoms with Gasteiger partial charge in [0.25, 0.3) is 0 Å². The maximum absolute atomic E-state index is 12.5. The van der Waals surface area contributed by atoms with Gasteiger partial charge in [0.05, 0.1) is 31.7 Å². The Morgan fingerprint density at radius 1 is 1.23 bits per heavy atom. The summed E-state index contributed by atoms with van der Waals surface area (Å²) in [5.74, 6) is -1.02. The normalized spacial score (nSPS) is 22.3. The van der Waals surface area contributed by atoms with Crippen LogP contribution in [0.15, 0.2) is 36.4 Å². The summed E-state index contributed by atoms with van der Waals surface area (Å²) in [4.78, 5) is 26.4. The molecular formula is C28H32ClNO5. The number of carbonyl (C=O) groups excluding carboxylic acids is 1. The van der Waals surface area contributed by atoms with E-state index < -0.39 is 17.9 Å². The number of rotatable bonds is 6. The number of hydrogen-bond donors (Lipinski definition) is 1. The van der Waals surface area contributed by atoms with Gasteiger partial charge >= 0.3 is 11.9 Å². The van der Waals surface area contributed by atoms with Gasteiger partial charge in [-0.15, -0.1) is 0 Å². The number of esters is 1. The zero-order valence-electron chi connectivity index (χ0n) is 20.1. The highest BCUT2D eigenvalue weighted by Crippen LogP contribution is 2.46. The molecule has 5 rings (SSSR count). The molecule has 0 aromatic heterocycles. The summed E-state index contributed by atoms with van der Waals surface area (Å²) in [6, 6.07) is 11.9. The number of benzene rings is 2. The molecule has 0 bridgehead atoms. The van der Waals surface area contributed by atoms with Crippen molar-refractivity contribution in [1.82, 2.24) is 0 Å².